The summed E-state index contributed by atoms with van der Waals surface area (Å²) in [5.74, 6) is 0.841. The number of aromatic amines is 1. The van der Waals surface area contributed by atoms with Crippen LogP contribution >= 0.6 is 0 Å². The number of rotatable bonds is 3. The van der Waals surface area contributed by atoms with Gasteiger partial charge in [-0.2, -0.15) is 0 Å². The fourth-order valence-corrected chi connectivity index (χ4v) is 2.97. The fourth-order valence-electron chi connectivity index (χ4n) is 2.97. The van der Waals surface area contributed by atoms with Crippen molar-refractivity contribution >= 4 is 16.7 Å². The Morgan fingerprint density at radius 2 is 1.83 bits per heavy atom. The van der Waals surface area contributed by atoms with E-state index < -0.39 is 0 Å². The van der Waals surface area contributed by atoms with Crippen LogP contribution in [0.1, 0.15) is 0 Å². The molecule has 4 rings (SSSR count). The third-order valence-electron chi connectivity index (χ3n) is 4.15. The Hall–Kier alpha value is -3.27. The average molecular weight is 315 g/mol. The molecule has 3 N–H and O–H groups in total. The predicted molar refractivity (Wildman–Crippen MR) is 97.9 cm³/mol. The molecule has 118 valence electrons. The number of nitrogens with one attached hydrogen (secondary N) is 1. The maximum atomic E-state index is 5.90. The summed E-state index contributed by atoms with van der Waals surface area (Å²) in [6.45, 7) is 0. The molecule has 0 aliphatic rings. The summed E-state index contributed by atoms with van der Waals surface area (Å²) in [4.78, 5) is 7.79. The number of nitrogens with zero attached hydrogens (tertiary/aromatic N) is 1. The summed E-state index contributed by atoms with van der Waals surface area (Å²) in [6, 6.07) is 17.9. The van der Waals surface area contributed by atoms with Gasteiger partial charge in [0.15, 0.2) is 0 Å². The van der Waals surface area contributed by atoms with Gasteiger partial charge in [0.05, 0.1) is 7.11 Å². The summed E-state index contributed by atoms with van der Waals surface area (Å²) >= 11 is 0. The van der Waals surface area contributed by atoms with Gasteiger partial charge in [-0.15, -0.1) is 0 Å². The summed E-state index contributed by atoms with van der Waals surface area (Å²) in [5, 5.41) is 1.06. The Labute approximate surface area is 139 Å². The molecule has 0 bridgehead atoms. The van der Waals surface area contributed by atoms with Crippen LogP contribution < -0.4 is 10.5 Å². The van der Waals surface area contributed by atoms with Crippen LogP contribution in [0.5, 0.6) is 5.75 Å². The Kier molecular flexibility index (Phi) is 3.43. The molecular weight excluding hydrogens is 298 g/mol. The second kappa shape index (κ2) is 5.74. The number of aromatic nitrogens is 2. The molecule has 0 spiro atoms. The number of nitrogen functional groups attached to an aromatic ring is 1. The summed E-state index contributed by atoms with van der Waals surface area (Å²) < 4.78 is 5.50. The minimum Gasteiger partial charge on any atom is -0.496 e. The summed E-state index contributed by atoms with van der Waals surface area (Å²) in [6.07, 6.45) is 3.83. The molecule has 2 heterocycles. The highest BCUT2D eigenvalue weighted by Gasteiger charge is 2.12. The van der Waals surface area contributed by atoms with E-state index in [2.05, 4.69) is 22.1 Å². The maximum absolute atomic E-state index is 5.90. The first-order chi connectivity index (χ1) is 11.8. The third kappa shape index (κ3) is 2.38. The van der Waals surface area contributed by atoms with Gasteiger partial charge >= 0.3 is 0 Å². The van der Waals surface area contributed by atoms with Gasteiger partial charge in [-0.3, -0.25) is 0 Å². The van der Waals surface area contributed by atoms with Crippen LogP contribution in [-0.4, -0.2) is 17.1 Å². The molecule has 0 fully saturated rings. The molecule has 0 atom stereocenters. The van der Waals surface area contributed by atoms with Crippen molar-refractivity contribution in [1.82, 2.24) is 9.97 Å². The zero-order valence-electron chi connectivity index (χ0n) is 13.3. The van der Waals surface area contributed by atoms with Gasteiger partial charge < -0.3 is 15.5 Å². The van der Waals surface area contributed by atoms with Crippen molar-refractivity contribution in [3.05, 3.63) is 67.0 Å². The lowest BCUT2D eigenvalue weighted by atomic mass is 10.0. The molecule has 0 aliphatic heterocycles. The number of pyridine rings is 1. The lowest BCUT2D eigenvalue weighted by Crippen LogP contribution is -1.88. The Morgan fingerprint density at radius 1 is 0.958 bits per heavy atom. The van der Waals surface area contributed by atoms with Crippen LogP contribution in [0.4, 0.5) is 5.69 Å². The number of hydrogen-bond donors (Lipinski definition) is 2. The smallest absolute Gasteiger partial charge is 0.137 e. The molecule has 0 saturated carbocycles. The number of fused-ring (bicyclic) bond motifs is 1. The molecule has 0 amide bonds. The maximum Gasteiger partial charge on any atom is 0.137 e. The predicted octanol–water partition coefficient (Wildman–Crippen LogP) is 4.49. The minimum atomic E-state index is 0.742. The van der Waals surface area contributed by atoms with Crippen molar-refractivity contribution in [2.75, 3.05) is 12.8 Å². The van der Waals surface area contributed by atoms with Gasteiger partial charge in [0, 0.05) is 40.2 Å². The monoisotopic (exact) mass is 315 g/mol. The van der Waals surface area contributed by atoms with E-state index in [9.17, 15) is 0 Å². The number of anilines is 1. The Morgan fingerprint density at radius 3 is 2.67 bits per heavy atom. The number of methoxy groups -OCH3 is 1. The fraction of sp³-hybridized carbons (Fsp3) is 0.0500. The number of para-hydroxylation sites is 1. The number of benzene rings is 2. The van der Waals surface area contributed by atoms with Crippen molar-refractivity contribution in [1.29, 1.82) is 0 Å². The highest BCUT2D eigenvalue weighted by Crippen LogP contribution is 2.36. The standard InChI is InChI=1S/C20H17N3O/c1-24-19-8-3-2-7-16(19)18-12-23-20-17(18)10-14(11-22-20)13-5-4-6-15(21)9-13/h2-12H,21H2,1H3,(H,22,23). The van der Waals surface area contributed by atoms with Gasteiger partial charge in [-0.05, 0) is 29.8 Å². The first kappa shape index (κ1) is 14.3. The topological polar surface area (TPSA) is 63.9 Å². The molecule has 4 nitrogen and oxygen atoms in total. The van der Waals surface area contributed by atoms with E-state index in [1.807, 2.05) is 54.9 Å². The van der Waals surface area contributed by atoms with E-state index in [0.717, 1.165) is 44.7 Å². The molecule has 0 radical (unpaired) electrons. The summed E-state index contributed by atoms with van der Waals surface area (Å²) in [5.41, 5.74) is 11.7. The average Bonchev–Trinajstić information content (AvgIpc) is 3.04. The van der Waals surface area contributed by atoms with Crippen LogP contribution in [0.2, 0.25) is 0 Å². The SMILES string of the molecule is COc1ccccc1-c1c[nH]c2ncc(-c3cccc(N)c3)cc12. The highest BCUT2D eigenvalue weighted by molar-refractivity contribution is 5.97. The van der Waals surface area contributed by atoms with Crippen LogP contribution in [0, 0.1) is 0 Å². The van der Waals surface area contributed by atoms with Gasteiger partial charge in [0.2, 0.25) is 0 Å². The van der Waals surface area contributed by atoms with Crippen LogP contribution in [0.15, 0.2) is 67.0 Å². The zero-order valence-corrected chi connectivity index (χ0v) is 13.3. The van der Waals surface area contributed by atoms with E-state index in [4.69, 9.17) is 10.5 Å². The Bertz CT molecular complexity index is 1020. The van der Waals surface area contributed by atoms with Crippen molar-refractivity contribution in [2.24, 2.45) is 0 Å². The number of hydrogen-bond acceptors (Lipinski definition) is 3. The van der Waals surface area contributed by atoms with E-state index in [1.54, 1.807) is 7.11 Å². The lowest BCUT2D eigenvalue weighted by Gasteiger charge is -2.08. The van der Waals surface area contributed by atoms with Crippen molar-refractivity contribution in [3.63, 3.8) is 0 Å². The van der Waals surface area contributed by atoms with Gasteiger partial charge in [-0.1, -0.05) is 30.3 Å². The minimum absolute atomic E-state index is 0.742. The molecule has 0 unspecified atom stereocenters. The largest absolute Gasteiger partial charge is 0.496 e. The van der Waals surface area contributed by atoms with Crippen LogP contribution in [-0.2, 0) is 0 Å². The normalized spacial score (nSPS) is 10.9. The summed E-state index contributed by atoms with van der Waals surface area (Å²) in [7, 11) is 1.68. The van der Waals surface area contributed by atoms with Crippen molar-refractivity contribution in [3.8, 4) is 28.0 Å². The molecular formula is C20H17N3O. The van der Waals surface area contributed by atoms with Gasteiger partial charge in [-0.25, -0.2) is 4.98 Å². The Balaban J connectivity index is 1.91. The molecule has 4 heteroatoms. The van der Waals surface area contributed by atoms with Gasteiger partial charge in [0.1, 0.15) is 11.4 Å². The second-order valence-corrected chi connectivity index (χ2v) is 5.65. The van der Waals surface area contributed by atoms with E-state index in [1.165, 1.54) is 0 Å². The zero-order chi connectivity index (χ0) is 16.5. The lowest BCUT2D eigenvalue weighted by molar-refractivity contribution is 0.416. The molecule has 0 aliphatic carbocycles. The van der Waals surface area contributed by atoms with E-state index in [-0.39, 0.29) is 0 Å². The van der Waals surface area contributed by atoms with Gasteiger partial charge in [0.25, 0.3) is 0 Å². The quantitative estimate of drug-likeness (QED) is 0.548. The van der Waals surface area contributed by atoms with Crippen LogP contribution in [0.3, 0.4) is 0 Å². The van der Waals surface area contributed by atoms with E-state index in [0.29, 0.717) is 0 Å². The van der Waals surface area contributed by atoms with Crippen molar-refractivity contribution < 1.29 is 4.74 Å². The second-order valence-electron chi connectivity index (χ2n) is 5.65. The first-order valence-electron chi connectivity index (χ1n) is 7.72. The molecule has 24 heavy (non-hydrogen) atoms. The van der Waals surface area contributed by atoms with Crippen LogP contribution in [0.25, 0.3) is 33.3 Å². The van der Waals surface area contributed by atoms with Crippen molar-refractivity contribution in [2.45, 2.75) is 0 Å². The molecule has 2 aromatic heterocycles. The highest BCUT2D eigenvalue weighted by atomic mass is 16.5. The molecule has 0 saturated heterocycles. The number of nitrogens with two attached hydrogens (primary N) is 1. The third-order valence-corrected chi connectivity index (χ3v) is 4.15. The molecule has 2 aromatic carbocycles. The first-order valence-corrected chi connectivity index (χ1v) is 7.72. The number of ether oxygens (including phenoxy) is 1. The molecule has 4 aromatic rings. The van der Waals surface area contributed by atoms with E-state index >= 15 is 0 Å². The number of H-pyrrole nitrogens is 1.